The third kappa shape index (κ3) is 3.88. The lowest BCUT2D eigenvalue weighted by atomic mass is 9.73. The molecule has 1 aliphatic heterocycles. The van der Waals surface area contributed by atoms with E-state index in [4.69, 9.17) is 9.15 Å². The Balaban J connectivity index is 1.50. The van der Waals surface area contributed by atoms with Crippen molar-refractivity contribution in [2.24, 2.45) is 5.92 Å². The van der Waals surface area contributed by atoms with Crippen LogP contribution in [-0.2, 0) is 19.1 Å². The molecule has 0 unspecified atom stereocenters. The summed E-state index contributed by atoms with van der Waals surface area (Å²) in [5.74, 6) is -1.13. The minimum absolute atomic E-state index is 0.00702. The number of furan rings is 1. The van der Waals surface area contributed by atoms with Crippen molar-refractivity contribution in [1.29, 1.82) is 0 Å². The summed E-state index contributed by atoms with van der Waals surface area (Å²) in [6.07, 6.45) is 4.77. The lowest BCUT2D eigenvalue weighted by molar-refractivity contribution is -0.151. The number of carbonyl (C=O) groups excluding carboxylic acids is 4. The van der Waals surface area contributed by atoms with Crippen LogP contribution in [0, 0.1) is 5.92 Å². The number of hydrogen-bond acceptors (Lipinski definition) is 6. The van der Waals surface area contributed by atoms with Crippen molar-refractivity contribution in [3.8, 4) is 0 Å². The minimum atomic E-state index is -0.925. The van der Waals surface area contributed by atoms with E-state index in [0.717, 1.165) is 24.2 Å². The van der Waals surface area contributed by atoms with Gasteiger partial charge in [-0.3, -0.25) is 19.3 Å². The summed E-state index contributed by atoms with van der Waals surface area (Å²) in [6.45, 7) is 2.65. The Kier molecular flexibility index (Phi) is 5.71. The van der Waals surface area contributed by atoms with Crippen LogP contribution in [0.15, 0.2) is 22.8 Å². The fourth-order valence-corrected chi connectivity index (χ4v) is 3.85. The number of nitrogens with one attached hydrogen (secondary N) is 2. The highest BCUT2D eigenvalue weighted by Gasteiger charge is 2.55. The lowest BCUT2D eigenvalue weighted by Crippen LogP contribution is -2.54. The van der Waals surface area contributed by atoms with E-state index in [1.165, 1.54) is 6.26 Å². The van der Waals surface area contributed by atoms with E-state index in [2.05, 4.69) is 10.6 Å². The molecule has 2 heterocycles. The molecule has 3 rings (SSSR count). The normalized spacial score (nSPS) is 25.5. The first-order valence-electron chi connectivity index (χ1n) is 9.46. The predicted octanol–water partition coefficient (Wildman–Crippen LogP) is 1.50. The van der Waals surface area contributed by atoms with Gasteiger partial charge in [-0.1, -0.05) is 19.8 Å². The van der Waals surface area contributed by atoms with Crippen molar-refractivity contribution in [3.63, 3.8) is 0 Å². The molecular weight excluding hydrogens is 366 g/mol. The third-order valence-electron chi connectivity index (χ3n) is 5.50. The summed E-state index contributed by atoms with van der Waals surface area (Å²) in [4.78, 5) is 49.9. The van der Waals surface area contributed by atoms with Crippen molar-refractivity contribution in [1.82, 2.24) is 15.5 Å². The Labute approximate surface area is 162 Å². The number of carbonyl (C=O) groups is 4. The standard InChI is InChI=1S/C19H25N3O6/c1-12-6-3-4-8-19(12)17(25)22(18(26)21-19)10-16(24)28-11-15(23)20-13(2)14-7-5-9-27-14/h5,7,9,12-13H,3-4,6,8,10-11H2,1-2H3,(H,20,23)(H,21,26)/t12-,13-,19+/m0/s1. The second kappa shape index (κ2) is 8.04. The summed E-state index contributed by atoms with van der Waals surface area (Å²) in [5, 5.41) is 5.40. The van der Waals surface area contributed by atoms with E-state index in [0.29, 0.717) is 12.2 Å². The number of hydrogen-bond donors (Lipinski definition) is 2. The first kappa shape index (κ1) is 19.9. The highest BCUT2D eigenvalue weighted by molar-refractivity contribution is 6.09. The summed E-state index contributed by atoms with van der Waals surface area (Å²) < 4.78 is 10.1. The lowest BCUT2D eigenvalue weighted by Gasteiger charge is -2.36. The van der Waals surface area contributed by atoms with Crippen LogP contribution in [-0.4, -0.2) is 47.4 Å². The second-order valence-electron chi connectivity index (χ2n) is 7.40. The van der Waals surface area contributed by atoms with Gasteiger partial charge in [-0.15, -0.1) is 0 Å². The molecule has 1 aromatic heterocycles. The maximum atomic E-state index is 12.8. The van der Waals surface area contributed by atoms with Gasteiger partial charge >= 0.3 is 12.0 Å². The Morgan fingerprint density at radius 2 is 2.21 bits per heavy atom. The van der Waals surface area contributed by atoms with E-state index in [1.807, 2.05) is 6.92 Å². The van der Waals surface area contributed by atoms with E-state index >= 15 is 0 Å². The molecule has 9 nitrogen and oxygen atoms in total. The van der Waals surface area contributed by atoms with Gasteiger partial charge in [0.2, 0.25) is 0 Å². The number of rotatable bonds is 6. The zero-order valence-corrected chi connectivity index (χ0v) is 16.0. The van der Waals surface area contributed by atoms with Crippen LogP contribution in [0.5, 0.6) is 0 Å². The van der Waals surface area contributed by atoms with Gasteiger partial charge in [-0.25, -0.2) is 4.79 Å². The van der Waals surface area contributed by atoms with Crippen LogP contribution < -0.4 is 10.6 Å². The van der Waals surface area contributed by atoms with Gasteiger partial charge in [0, 0.05) is 0 Å². The SMILES string of the molecule is C[C@H](NC(=O)COC(=O)CN1C(=O)N[C@@]2(CCCC[C@@H]2C)C1=O)c1ccco1. The fourth-order valence-electron chi connectivity index (χ4n) is 3.85. The number of esters is 1. The molecule has 28 heavy (non-hydrogen) atoms. The Morgan fingerprint density at radius 1 is 1.43 bits per heavy atom. The fraction of sp³-hybridized carbons (Fsp3) is 0.579. The monoisotopic (exact) mass is 391 g/mol. The quantitative estimate of drug-likeness (QED) is 0.560. The van der Waals surface area contributed by atoms with Crippen molar-refractivity contribution in [3.05, 3.63) is 24.2 Å². The molecule has 152 valence electrons. The number of amides is 4. The molecule has 2 aliphatic rings. The molecule has 1 spiro atoms. The van der Waals surface area contributed by atoms with Crippen molar-refractivity contribution >= 4 is 23.8 Å². The van der Waals surface area contributed by atoms with Crippen LogP contribution >= 0.6 is 0 Å². The molecule has 0 bridgehead atoms. The maximum Gasteiger partial charge on any atom is 0.326 e. The van der Waals surface area contributed by atoms with Crippen LogP contribution in [0.25, 0.3) is 0 Å². The van der Waals surface area contributed by atoms with Gasteiger partial charge in [0.1, 0.15) is 17.8 Å². The van der Waals surface area contributed by atoms with Gasteiger partial charge in [-0.2, -0.15) is 0 Å². The van der Waals surface area contributed by atoms with Gasteiger partial charge in [0.25, 0.3) is 11.8 Å². The van der Waals surface area contributed by atoms with Crippen molar-refractivity contribution in [2.75, 3.05) is 13.2 Å². The van der Waals surface area contributed by atoms with E-state index in [9.17, 15) is 19.2 Å². The molecule has 2 N–H and O–H groups in total. The zero-order chi connectivity index (χ0) is 20.3. The third-order valence-corrected chi connectivity index (χ3v) is 5.50. The summed E-state index contributed by atoms with van der Waals surface area (Å²) >= 11 is 0. The molecule has 4 amide bonds. The number of imide groups is 1. The van der Waals surface area contributed by atoms with Crippen molar-refractivity contribution < 1.29 is 28.3 Å². The highest BCUT2D eigenvalue weighted by Crippen LogP contribution is 2.38. The van der Waals surface area contributed by atoms with Crippen LogP contribution in [0.4, 0.5) is 4.79 Å². The second-order valence-corrected chi connectivity index (χ2v) is 7.40. The topological polar surface area (TPSA) is 118 Å². The molecular formula is C19H25N3O6. The molecule has 0 radical (unpaired) electrons. The molecule has 1 saturated carbocycles. The Bertz CT molecular complexity index is 762. The van der Waals surface area contributed by atoms with Gasteiger partial charge in [0.05, 0.1) is 12.3 Å². The van der Waals surface area contributed by atoms with Gasteiger partial charge in [-0.05, 0) is 37.8 Å². The molecule has 3 atom stereocenters. The number of ether oxygens (including phenoxy) is 1. The summed E-state index contributed by atoms with van der Waals surface area (Å²) in [7, 11) is 0. The highest BCUT2D eigenvalue weighted by atomic mass is 16.5. The first-order chi connectivity index (χ1) is 13.3. The molecule has 2 fully saturated rings. The van der Waals surface area contributed by atoms with Crippen LogP contribution in [0.2, 0.25) is 0 Å². The molecule has 1 saturated heterocycles. The van der Waals surface area contributed by atoms with E-state index in [1.54, 1.807) is 19.1 Å². The van der Waals surface area contributed by atoms with Gasteiger partial charge in [0.15, 0.2) is 6.61 Å². The first-order valence-corrected chi connectivity index (χ1v) is 9.46. The summed E-state index contributed by atoms with van der Waals surface area (Å²) in [6, 6.07) is 2.46. The average Bonchev–Trinajstić information content (AvgIpc) is 3.27. The molecule has 1 aromatic rings. The largest absolute Gasteiger partial charge is 0.467 e. The number of urea groups is 1. The average molecular weight is 391 g/mol. The van der Waals surface area contributed by atoms with E-state index in [-0.39, 0.29) is 12.0 Å². The summed E-state index contributed by atoms with van der Waals surface area (Å²) in [5.41, 5.74) is -0.925. The maximum absolute atomic E-state index is 12.8. The Hall–Kier alpha value is -2.84. The van der Waals surface area contributed by atoms with Crippen LogP contribution in [0.1, 0.15) is 51.3 Å². The molecule has 0 aromatic carbocycles. The minimum Gasteiger partial charge on any atom is -0.467 e. The predicted molar refractivity (Wildman–Crippen MR) is 96.8 cm³/mol. The van der Waals surface area contributed by atoms with Crippen molar-refractivity contribution in [2.45, 2.75) is 51.1 Å². The van der Waals surface area contributed by atoms with Gasteiger partial charge < -0.3 is 19.8 Å². The zero-order valence-electron chi connectivity index (χ0n) is 16.0. The molecule has 1 aliphatic carbocycles. The number of nitrogens with zero attached hydrogens (tertiary/aromatic N) is 1. The molecule has 9 heteroatoms. The van der Waals surface area contributed by atoms with E-state index < -0.39 is 42.5 Å². The smallest absolute Gasteiger partial charge is 0.326 e. The Morgan fingerprint density at radius 3 is 2.89 bits per heavy atom. The van der Waals surface area contributed by atoms with Crippen LogP contribution in [0.3, 0.4) is 0 Å².